The molecule has 8 heavy (non-hydrogen) atoms. The highest BCUT2D eigenvalue weighted by atomic mass is 15.3. The van der Waals surface area contributed by atoms with E-state index in [9.17, 15) is 0 Å². The van der Waals surface area contributed by atoms with E-state index in [1.165, 1.54) is 0 Å². The fourth-order valence-corrected chi connectivity index (χ4v) is 0.662. The van der Waals surface area contributed by atoms with Gasteiger partial charge in [-0.1, -0.05) is 6.92 Å². The lowest BCUT2D eigenvalue weighted by Gasteiger charge is -1.92. The highest BCUT2D eigenvalue weighted by Crippen LogP contribution is 1.85. The molecule has 0 saturated heterocycles. The molecule has 0 amide bonds. The molecular weight excluding hydrogens is 100 g/mol. The maximum Gasteiger partial charge on any atom is 0.0489 e. The van der Waals surface area contributed by atoms with Crippen LogP contribution in [-0.4, -0.2) is 9.78 Å². The first-order chi connectivity index (χ1) is 3.93. The number of hydrogen-bond acceptors (Lipinski definition) is 1. The Morgan fingerprint density at radius 3 is 3.00 bits per heavy atom. The third-order valence-electron chi connectivity index (χ3n) is 1.01. The van der Waals surface area contributed by atoms with Gasteiger partial charge in [-0.05, 0) is 12.5 Å². The molecule has 2 heteroatoms. The Labute approximate surface area is 49.1 Å². The first-order valence-electron chi connectivity index (χ1n) is 2.91. The number of hydrogen-bond donors (Lipinski definition) is 0. The van der Waals surface area contributed by atoms with Crippen LogP contribution in [-0.2, 0) is 6.54 Å². The van der Waals surface area contributed by atoms with E-state index in [1.54, 1.807) is 6.20 Å². The van der Waals surface area contributed by atoms with Gasteiger partial charge >= 0.3 is 0 Å². The molecular formula is C6H10N2. The third kappa shape index (κ3) is 1.09. The van der Waals surface area contributed by atoms with Gasteiger partial charge in [0.15, 0.2) is 0 Å². The SMILES string of the molecule is CCCn1cccn1. The van der Waals surface area contributed by atoms with E-state index in [0.29, 0.717) is 0 Å². The van der Waals surface area contributed by atoms with Crippen LogP contribution in [0.1, 0.15) is 13.3 Å². The van der Waals surface area contributed by atoms with E-state index >= 15 is 0 Å². The molecule has 2 nitrogen and oxygen atoms in total. The van der Waals surface area contributed by atoms with Gasteiger partial charge in [0.2, 0.25) is 0 Å². The summed E-state index contributed by atoms with van der Waals surface area (Å²) >= 11 is 0. The normalized spacial score (nSPS) is 9.62. The number of rotatable bonds is 2. The van der Waals surface area contributed by atoms with Crippen molar-refractivity contribution in [1.82, 2.24) is 9.78 Å². The lowest BCUT2D eigenvalue weighted by molar-refractivity contribution is 0.603. The van der Waals surface area contributed by atoms with Crippen molar-refractivity contribution in [3.05, 3.63) is 18.5 Å². The molecule has 0 aliphatic rings. The van der Waals surface area contributed by atoms with Crippen molar-refractivity contribution in [1.29, 1.82) is 0 Å². The number of aromatic nitrogens is 2. The largest absolute Gasteiger partial charge is 0.273 e. The van der Waals surface area contributed by atoms with Crippen LogP contribution in [0.3, 0.4) is 0 Å². The molecule has 0 unspecified atom stereocenters. The van der Waals surface area contributed by atoms with Crippen molar-refractivity contribution in [2.75, 3.05) is 0 Å². The second-order valence-electron chi connectivity index (χ2n) is 1.77. The van der Waals surface area contributed by atoms with Gasteiger partial charge in [0.05, 0.1) is 0 Å². The topological polar surface area (TPSA) is 17.8 Å². The summed E-state index contributed by atoms with van der Waals surface area (Å²) in [5.41, 5.74) is 0. The predicted molar refractivity (Wildman–Crippen MR) is 32.5 cm³/mol. The lowest BCUT2D eigenvalue weighted by Crippen LogP contribution is -1.95. The second kappa shape index (κ2) is 2.50. The molecule has 0 aromatic carbocycles. The van der Waals surface area contributed by atoms with Crippen molar-refractivity contribution >= 4 is 0 Å². The fourth-order valence-electron chi connectivity index (χ4n) is 0.662. The quantitative estimate of drug-likeness (QED) is 0.561. The Bertz CT molecular complexity index is 132. The summed E-state index contributed by atoms with van der Waals surface area (Å²) in [6.45, 7) is 3.18. The predicted octanol–water partition coefficient (Wildman–Crippen LogP) is 1.29. The Balaban J connectivity index is 2.50. The van der Waals surface area contributed by atoms with E-state index in [4.69, 9.17) is 0 Å². The molecule has 0 atom stereocenters. The molecule has 0 aliphatic heterocycles. The van der Waals surface area contributed by atoms with E-state index in [2.05, 4.69) is 12.0 Å². The molecule has 0 fully saturated rings. The van der Waals surface area contributed by atoms with Crippen molar-refractivity contribution in [2.45, 2.75) is 19.9 Å². The molecule has 1 rings (SSSR count). The first-order valence-corrected chi connectivity index (χ1v) is 2.91. The fraction of sp³-hybridized carbons (Fsp3) is 0.500. The van der Waals surface area contributed by atoms with Crippen molar-refractivity contribution in [3.63, 3.8) is 0 Å². The van der Waals surface area contributed by atoms with Gasteiger partial charge in [0.25, 0.3) is 0 Å². The van der Waals surface area contributed by atoms with Crippen molar-refractivity contribution < 1.29 is 0 Å². The number of aryl methyl sites for hydroxylation is 1. The summed E-state index contributed by atoms with van der Waals surface area (Å²) in [5.74, 6) is 0. The molecule has 1 aromatic heterocycles. The van der Waals surface area contributed by atoms with Gasteiger partial charge in [-0.15, -0.1) is 0 Å². The minimum Gasteiger partial charge on any atom is -0.273 e. The Morgan fingerprint density at radius 1 is 1.62 bits per heavy atom. The van der Waals surface area contributed by atoms with Crippen LogP contribution in [0, 0.1) is 0 Å². The van der Waals surface area contributed by atoms with E-state index < -0.39 is 0 Å². The van der Waals surface area contributed by atoms with Crippen LogP contribution in [0.25, 0.3) is 0 Å². The first kappa shape index (κ1) is 5.35. The summed E-state index contributed by atoms with van der Waals surface area (Å²) in [5, 5.41) is 4.02. The highest BCUT2D eigenvalue weighted by molar-refractivity contribution is 4.77. The average Bonchev–Trinajstić information content (AvgIpc) is 2.19. The summed E-state index contributed by atoms with van der Waals surface area (Å²) in [4.78, 5) is 0. The van der Waals surface area contributed by atoms with Crippen LogP contribution in [0.4, 0.5) is 0 Å². The molecule has 0 aliphatic carbocycles. The molecule has 0 spiro atoms. The zero-order chi connectivity index (χ0) is 5.82. The Hall–Kier alpha value is -0.790. The summed E-state index contributed by atoms with van der Waals surface area (Å²) in [7, 11) is 0. The van der Waals surface area contributed by atoms with E-state index in [1.807, 2.05) is 16.9 Å². The molecule has 1 aromatic rings. The number of nitrogens with zero attached hydrogens (tertiary/aromatic N) is 2. The van der Waals surface area contributed by atoms with Crippen LogP contribution in [0.5, 0.6) is 0 Å². The zero-order valence-corrected chi connectivity index (χ0v) is 5.04. The van der Waals surface area contributed by atoms with E-state index in [0.717, 1.165) is 13.0 Å². The van der Waals surface area contributed by atoms with Crippen LogP contribution in [0.2, 0.25) is 0 Å². The minimum absolute atomic E-state index is 1.03. The lowest BCUT2D eigenvalue weighted by atomic mass is 10.5. The van der Waals surface area contributed by atoms with Gasteiger partial charge in [0.1, 0.15) is 0 Å². The van der Waals surface area contributed by atoms with E-state index in [-0.39, 0.29) is 0 Å². The summed E-state index contributed by atoms with van der Waals surface area (Å²) < 4.78 is 1.93. The molecule has 0 bridgehead atoms. The standard InChI is InChI=1S/C6H10N2/c1-2-5-8-6-3-4-7-8/h3-4,6H,2,5H2,1H3. The second-order valence-corrected chi connectivity index (χ2v) is 1.77. The Morgan fingerprint density at radius 2 is 2.50 bits per heavy atom. The molecule has 44 valence electrons. The van der Waals surface area contributed by atoms with Crippen molar-refractivity contribution in [2.24, 2.45) is 0 Å². The maximum absolute atomic E-state index is 4.02. The van der Waals surface area contributed by atoms with Gasteiger partial charge in [-0.25, -0.2) is 0 Å². The molecule has 0 radical (unpaired) electrons. The Kier molecular flexibility index (Phi) is 1.67. The summed E-state index contributed by atoms with van der Waals surface area (Å²) in [6, 6.07) is 1.94. The molecule has 0 N–H and O–H groups in total. The van der Waals surface area contributed by atoms with Crippen LogP contribution in [0.15, 0.2) is 18.5 Å². The summed E-state index contributed by atoms with van der Waals surface area (Å²) in [6.07, 6.45) is 4.93. The maximum atomic E-state index is 4.02. The van der Waals surface area contributed by atoms with Gasteiger partial charge in [-0.2, -0.15) is 5.10 Å². The molecule has 0 saturated carbocycles. The van der Waals surface area contributed by atoms with Crippen molar-refractivity contribution in [3.8, 4) is 0 Å². The monoisotopic (exact) mass is 110 g/mol. The smallest absolute Gasteiger partial charge is 0.0489 e. The van der Waals surface area contributed by atoms with Gasteiger partial charge < -0.3 is 0 Å². The average molecular weight is 110 g/mol. The molecule has 1 heterocycles. The minimum atomic E-state index is 1.03. The van der Waals surface area contributed by atoms with Gasteiger partial charge in [-0.3, -0.25) is 4.68 Å². The highest BCUT2D eigenvalue weighted by Gasteiger charge is 1.82. The zero-order valence-electron chi connectivity index (χ0n) is 5.04. The van der Waals surface area contributed by atoms with Crippen LogP contribution < -0.4 is 0 Å². The van der Waals surface area contributed by atoms with Crippen LogP contribution >= 0.6 is 0 Å². The van der Waals surface area contributed by atoms with Gasteiger partial charge in [0, 0.05) is 18.9 Å². The third-order valence-corrected chi connectivity index (χ3v) is 1.01.